The van der Waals surface area contributed by atoms with Crippen molar-refractivity contribution in [2.75, 3.05) is 11.9 Å². The Hall–Kier alpha value is -1.16. The molecule has 5 nitrogen and oxygen atoms in total. The first-order valence-electron chi connectivity index (χ1n) is 5.72. The van der Waals surface area contributed by atoms with E-state index < -0.39 is 30.8 Å². The molecule has 1 aliphatic heterocycles. The molecule has 2 N–H and O–H groups in total. The second kappa shape index (κ2) is 5.68. The third-order valence-corrected chi connectivity index (χ3v) is 3.27. The average molecular weight is 359 g/mol. The SMILES string of the molecule is O=C(Nc1nn(CC(F)(F)F)cc1Br)C1CC(F)CN1. The van der Waals surface area contributed by atoms with E-state index in [4.69, 9.17) is 0 Å². The Morgan fingerprint density at radius 1 is 1.60 bits per heavy atom. The van der Waals surface area contributed by atoms with Crippen LogP contribution in [0.5, 0.6) is 0 Å². The lowest BCUT2D eigenvalue weighted by molar-refractivity contribution is -0.142. The van der Waals surface area contributed by atoms with E-state index >= 15 is 0 Å². The van der Waals surface area contributed by atoms with Crippen molar-refractivity contribution in [3.05, 3.63) is 10.7 Å². The van der Waals surface area contributed by atoms with E-state index in [9.17, 15) is 22.4 Å². The highest BCUT2D eigenvalue weighted by molar-refractivity contribution is 9.10. The Labute approximate surface area is 119 Å². The topological polar surface area (TPSA) is 59.0 Å². The van der Waals surface area contributed by atoms with Crippen LogP contribution in [-0.4, -0.2) is 40.6 Å². The monoisotopic (exact) mass is 358 g/mol. The fourth-order valence-electron chi connectivity index (χ4n) is 1.84. The fraction of sp³-hybridized carbons (Fsp3) is 0.600. The van der Waals surface area contributed by atoms with Crippen LogP contribution in [0.3, 0.4) is 0 Å². The van der Waals surface area contributed by atoms with Crippen molar-refractivity contribution >= 4 is 27.7 Å². The number of anilines is 1. The zero-order valence-electron chi connectivity index (χ0n) is 10.0. The number of carbonyl (C=O) groups excluding carboxylic acids is 1. The molecule has 1 fully saturated rings. The molecule has 0 aromatic carbocycles. The lowest BCUT2D eigenvalue weighted by atomic mass is 10.2. The molecular formula is C10H11BrF4N4O. The number of nitrogens with one attached hydrogen (secondary N) is 2. The van der Waals surface area contributed by atoms with E-state index in [0.29, 0.717) is 4.68 Å². The van der Waals surface area contributed by atoms with Gasteiger partial charge in [0.15, 0.2) is 5.82 Å². The number of hydrogen-bond acceptors (Lipinski definition) is 3. The van der Waals surface area contributed by atoms with Gasteiger partial charge in [0.1, 0.15) is 12.7 Å². The Morgan fingerprint density at radius 2 is 2.30 bits per heavy atom. The van der Waals surface area contributed by atoms with Gasteiger partial charge < -0.3 is 10.6 Å². The summed E-state index contributed by atoms with van der Waals surface area (Å²) in [4.78, 5) is 11.8. The summed E-state index contributed by atoms with van der Waals surface area (Å²) in [7, 11) is 0. The van der Waals surface area contributed by atoms with Gasteiger partial charge in [0.2, 0.25) is 5.91 Å². The fourth-order valence-corrected chi connectivity index (χ4v) is 2.26. The number of amides is 1. The first-order valence-corrected chi connectivity index (χ1v) is 6.52. The van der Waals surface area contributed by atoms with Crippen LogP contribution in [0.15, 0.2) is 10.7 Å². The van der Waals surface area contributed by atoms with Gasteiger partial charge in [-0.3, -0.25) is 9.48 Å². The highest BCUT2D eigenvalue weighted by Crippen LogP contribution is 2.24. The number of aromatic nitrogens is 2. The number of alkyl halides is 4. The minimum Gasteiger partial charge on any atom is -0.307 e. The zero-order chi connectivity index (χ0) is 14.9. The van der Waals surface area contributed by atoms with Gasteiger partial charge >= 0.3 is 6.18 Å². The minimum absolute atomic E-state index is 0.0247. The number of nitrogens with zero attached hydrogens (tertiary/aromatic N) is 2. The minimum atomic E-state index is -4.40. The maximum absolute atomic E-state index is 12.9. The van der Waals surface area contributed by atoms with Crippen LogP contribution in [0.1, 0.15) is 6.42 Å². The average Bonchev–Trinajstić information content (AvgIpc) is 2.84. The van der Waals surface area contributed by atoms with Crippen LogP contribution in [0.4, 0.5) is 23.4 Å². The number of carbonyl (C=O) groups is 1. The summed E-state index contributed by atoms with van der Waals surface area (Å²) < 4.78 is 50.5. The maximum Gasteiger partial charge on any atom is 0.408 e. The molecule has 1 aromatic rings. The van der Waals surface area contributed by atoms with E-state index in [-0.39, 0.29) is 23.3 Å². The summed E-state index contributed by atoms with van der Waals surface area (Å²) in [6.45, 7) is -1.17. The standard InChI is InChI=1S/C10H11BrF4N4O/c11-6-3-19(4-10(13,14)15)18-8(6)17-9(20)7-1-5(12)2-16-7/h3,5,7,16H,1-2,4H2,(H,17,18,20). The van der Waals surface area contributed by atoms with Gasteiger partial charge in [-0.05, 0) is 15.9 Å². The molecular weight excluding hydrogens is 348 g/mol. The molecule has 2 unspecified atom stereocenters. The van der Waals surface area contributed by atoms with E-state index in [1.165, 1.54) is 0 Å². The Bertz CT molecular complexity index is 504. The van der Waals surface area contributed by atoms with E-state index in [0.717, 1.165) is 6.20 Å². The highest BCUT2D eigenvalue weighted by atomic mass is 79.9. The molecule has 2 atom stereocenters. The molecule has 0 bridgehead atoms. The van der Waals surface area contributed by atoms with Crippen LogP contribution in [0, 0.1) is 0 Å². The van der Waals surface area contributed by atoms with Crippen LogP contribution < -0.4 is 10.6 Å². The van der Waals surface area contributed by atoms with Gasteiger partial charge in [0.05, 0.1) is 10.5 Å². The second-order valence-electron chi connectivity index (χ2n) is 4.42. The Morgan fingerprint density at radius 3 is 2.85 bits per heavy atom. The number of rotatable bonds is 3. The van der Waals surface area contributed by atoms with E-state index in [2.05, 4.69) is 31.7 Å². The summed E-state index contributed by atoms with van der Waals surface area (Å²) in [5.74, 6) is -0.550. The second-order valence-corrected chi connectivity index (χ2v) is 5.28. The van der Waals surface area contributed by atoms with Crippen LogP contribution in [-0.2, 0) is 11.3 Å². The van der Waals surface area contributed by atoms with Crippen molar-refractivity contribution in [2.45, 2.75) is 31.4 Å². The summed E-state index contributed by atoms with van der Waals surface area (Å²) in [5, 5.41) is 8.66. The summed E-state index contributed by atoms with van der Waals surface area (Å²) in [5.41, 5.74) is 0. The summed E-state index contributed by atoms with van der Waals surface area (Å²) in [6, 6.07) is -0.704. The Balaban J connectivity index is 2.01. The van der Waals surface area contributed by atoms with E-state index in [1.54, 1.807) is 0 Å². The third-order valence-electron chi connectivity index (χ3n) is 2.69. The molecule has 0 spiro atoms. The number of halogens is 5. The molecule has 1 amide bonds. The van der Waals surface area contributed by atoms with E-state index in [1.807, 2.05) is 0 Å². The van der Waals surface area contributed by atoms with Gasteiger partial charge in [0.25, 0.3) is 0 Å². The van der Waals surface area contributed by atoms with Crippen molar-refractivity contribution in [3.8, 4) is 0 Å². The van der Waals surface area contributed by atoms with Gasteiger partial charge in [-0.1, -0.05) is 0 Å². The van der Waals surface area contributed by atoms with Gasteiger partial charge in [-0.15, -0.1) is 0 Å². The molecule has 1 saturated heterocycles. The lowest BCUT2D eigenvalue weighted by Crippen LogP contribution is -2.35. The Kier molecular flexibility index (Phi) is 4.33. The van der Waals surface area contributed by atoms with Crippen molar-refractivity contribution < 1.29 is 22.4 Å². The largest absolute Gasteiger partial charge is 0.408 e. The molecule has 10 heteroatoms. The molecule has 1 aliphatic rings. The summed E-state index contributed by atoms with van der Waals surface area (Å²) >= 11 is 3.01. The smallest absolute Gasteiger partial charge is 0.307 e. The van der Waals surface area contributed by atoms with Crippen molar-refractivity contribution in [2.24, 2.45) is 0 Å². The zero-order valence-corrected chi connectivity index (χ0v) is 11.6. The molecule has 1 aromatic heterocycles. The molecule has 0 aliphatic carbocycles. The maximum atomic E-state index is 12.9. The molecule has 2 rings (SSSR count). The first kappa shape index (κ1) is 15.2. The highest BCUT2D eigenvalue weighted by Gasteiger charge is 2.31. The van der Waals surface area contributed by atoms with Crippen molar-refractivity contribution in [1.29, 1.82) is 0 Å². The van der Waals surface area contributed by atoms with Gasteiger partial charge in [-0.2, -0.15) is 18.3 Å². The van der Waals surface area contributed by atoms with Crippen LogP contribution in [0.25, 0.3) is 0 Å². The molecule has 2 heterocycles. The quantitative estimate of drug-likeness (QED) is 0.810. The molecule has 112 valence electrons. The molecule has 0 radical (unpaired) electrons. The normalized spacial score (nSPS) is 23.1. The first-order chi connectivity index (χ1) is 9.24. The van der Waals surface area contributed by atoms with Gasteiger partial charge in [-0.25, -0.2) is 4.39 Å². The predicted molar refractivity (Wildman–Crippen MR) is 65.9 cm³/mol. The van der Waals surface area contributed by atoms with Crippen molar-refractivity contribution in [3.63, 3.8) is 0 Å². The van der Waals surface area contributed by atoms with Crippen molar-refractivity contribution in [1.82, 2.24) is 15.1 Å². The summed E-state index contributed by atoms with van der Waals surface area (Å²) in [6.07, 6.45) is -4.35. The third kappa shape index (κ3) is 3.92. The molecule has 20 heavy (non-hydrogen) atoms. The molecule has 0 saturated carbocycles. The number of hydrogen-bond donors (Lipinski definition) is 2. The lowest BCUT2D eigenvalue weighted by Gasteiger charge is -2.09. The van der Waals surface area contributed by atoms with Crippen LogP contribution in [0.2, 0.25) is 0 Å². The predicted octanol–water partition coefficient (Wildman–Crippen LogP) is 1.85. The van der Waals surface area contributed by atoms with Gasteiger partial charge in [0, 0.05) is 19.2 Å². The van der Waals surface area contributed by atoms with Crippen LogP contribution >= 0.6 is 15.9 Å².